The highest BCUT2D eigenvalue weighted by molar-refractivity contribution is 5.96. The molecule has 0 fully saturated rings. The van der Waals surface area contributed by atoms with Gasteiger partial charge in [0, 0.05) is 18.8 Å². The van der Waals surface area contributed by atoms with Crippen molar-refractivity contribution < 1.29 is 23.8 Å². The molecule has 6 heteroatoms. The predicted octanol–water partition coefficient (Wildman–Crippen LogP) is 4.09. The molecule has 0 aromatic heterocycles. The largest absolute Gasteiger partial charge is 0.490 e. The van der Waals surface area contributed by atoms with E-state index in [9.17, 15) is 9.59 Å². The number of rotatable bonds is 10. The summed E-state index contributed by atoms with van der Waals surface area (Å²) >= 11 is 0. The van der Waals surface area contributed by atoms with Crippen molar-refractivity contribution in [3.8, 4) is 11.5 Å². The van der Waals surface area contributed by atoms with Gasteiger partial charge in [-0.3, -0.25) is 4.79 Å². The quantitative estimate of drug-likeness (QED) is 0.446. The molecule has 2 aromatic rings. The Morgan fingerprint density at radius 2 is 1.76 bits per heavy atom. The number of para-hydroxylation sites is 1. The van der Waals surface area contributed by atoms with Gasteiger partial charge in [0.15, 0.2) is 18.1 Å². The van der Waals surface area contributed by atoms with Crippen LogP contribution in [0.5, 0.6) is 11.5 Å². The van der Waals surface area contributed by atoms with Crippen LogP contribution in [0, 0.1) is 0 Å². The third-order valence-electron chi connectivity index (χ3n) is 4.00. The standard InChI is InChI=1S/C23H27NO5/c1-4-15-28-20-13-11-18(16-21(20)27-5-2)12-14-23(26)29-17-22(25)24(3)19-9-7-6-8-10-19/h6-14,16H,4-5,15,17H2,1-3H3/b14-12+. The van der Waals surface area contributed by atoms with E-state index in [1.807, 2.05) is 56.3 Å². The van der Waals surface area contributed by atoms with Crippen molar-refractivity contribution in [2.24, 2.45) is 0 Å². The molecule has 154 valence electrons. The van der Waals surface area contributed by atoms with E-state index in [-0.39, 0.29) is 12.5 Å². The summed E-state index contributed by atoms with van der Waals surface area (Å²) in [6, 6.07) is 14.6. The van der Waals surface area contributed by atoms with Gasteiger partial charge >= 0.3 is 5.97 Å². The van der Waals surface area contributed by atoms with E-state index in [0.29, 0.717) is 24.7 Å². The van der Waals surface area contributed by atoms with Crippen LogP contribution >= 0.6 is 0 Å². The summed E-state index contributed by atoms with van der Waals surface area (Å²) in [5, 5.41) is 0. The van der Waals surface area contributed by atoms with Crippen LogP contribution in [0.25, 0.3) is 6.08 Å². The molecule has 1 amide bonds. The van der Waals surface area contributed by atoms with E-state index in [2.05, 4.69) is 0 Å². The van der Waals surface area contributed by atoms with Crippen molar-refractivity contribution in [1.82, 2.24) is 0 Å². The second-order valence-corrected chi connectivity index (χ2v) is 6.22. The van der Waals surface area contributed by atoms with Crippen molar-refractivity contribution in [3.63, 3.8) is 0 Å². The van der Waals surface area contributed by atoms with Crippen LogP contribution in [-0.2, 0) is 14.3 Å². The molecule has 0 aliphatic heterocycles. The summed E-state index contributed by atoms with van der Waals surface area (Å²) in [4.78, 5) is 25.6. The first-order chi connectivity index (χ1) is 14.0. The van der Waals surface area contributed by atoms with Crippen LogP contribution < -0.4 is 14.4 Å². The molecule has 0 radical (unpaired) electrons. The maximum Gasteiger partial charge on any atom is 0.331 e. The Bertz CT molecular complexity index is 832. The lowest BCUT2D eigenvalue weighted by molar-refractivity contribution is -0.142. The average molecular weight is 397 g/mol. The molecule has 0 aliphatic carbocycles. The lowest BCUT2D eigenvalue weighted by Gasteiger charge is -2.16. The molecule has 0 saturated carbocycles. The molecule has 29 heavy (non-hydrogen) atoms. The summed E-state index contributed by atoms with van der Waals surface area (Å²) in [6.07, 6.45) is 3.80. The van der Waals surface area contributed by atoms with Gasteiger partial charge in [-0.25, -0.2) is 4.79 Å². The third-order valence-corrected chi connectivity index (χ3v) is 4.00. The zero-order chi connectivity index (χ0) is 21.1. The van der Waals surface area contributed by atoms with Gasteiger partial charge in [-0.05, 0) is 49.2 Å². The highest BCUT2D eigenvalue weighted by Gasteiger charge is 2.12. The summed E-state index contributed by atoms with van der Waals surface area (Å²) in [7, 11) is 1.64. The predicted molar refractivity (Wildman–Crippen MR) is 113 cm³/mol. The topological polar surface area (TPSA) is 65.1 Å². The van der Waals surface area contributed by atoms with Gasteiger partial charge in [0.05, 0.1) is 13.2 Å². The molecule has 0 heterocycles. The number of carbonyl (C=O) groups is 2. The maximum absolute atomic E-state index is 12.2. The Balaban J connectivity index is 1.92. The molecule has 0 N–H and O–H groups in total. The first-order valence-corrected chi connectivity index (χ1v) is 9.61. The molecular formula is C23H27NO5. The average Bonchev–Trinajstić information content (AvgIpc) is 2.75. The molecule has 2 rings (SSSR count). The molecule has 0 unspecified atom stereocenters. The van der Waals surface area contributed by atoms with Crippen LogP contribution in [0.4, 0.5) is 5.69 Å². The number of anilines is 1. The smallest absolute Gasteiger partial charge is 0.331 e. The first-order valence-electron chi connectivity index (χ1n) is 9.61. The molecule has 2 aromatic carbocycles. The zero-order valence-corrected chi connectivity index (χ0v) is 17.1. The van der Waals surface area contributed by atoms with Gasteiger partial charge in [-0.2, -0.15) is 0 Å². The van der Waals surface area contributed by atoms with E-state index in [0.717, 1.165) is 17.7 Å². The second-order valence-electron chi connectivity index (χ2n) is 6.22. The Hall–Kier alpha value is -3.28. The first kappa shape index (κ1) is 22.0. The fourth-order valence-corrected chi connectivity index (χ4v) is 2.47. The molecular weight excluding hydrogens is 370 g/mol. The van der Waals surface area contributed by atoms with Crippen LogP contribution in [-0.4, -0.2) is 38.7 Å². The van der Waals surface area contributed by atoms with E-state index in [1.54, 1.807) is 19.2 Å². The number of carbonyl (C=O) groups excluding carboxylic acids is 2. The molecule has 0 atom stereocenters. The third kappa shape index (κ3) is 6.99. The van der Waals surface area contributed by atoms with Gasteiger partial charge in [0.1, 0.15) is 0 Å². The van der Waals surface area contributed by atoms with E-state index < -0.39 is 5.97 Å². The van der Waals surface area contributed by atoms with Crippen LogP contribution in [0.15, 0.2) is 54.6 Å². The summed E-state index contributed by atoms with van der Waals surface area (Å²) in [5.41, 5.74) is 1.50. The Morgan fingerprint density at radius 3 is 2.45 bits per heavy atom. The Morgan fingerprint density at radius 1 is 1.00 bits per heavy atom. The summed E-state index contributed by atoms with van der Waals surface area (Å²) in [5.74, 6) is 0.386. The van der Waals surface area contributed by atoms with Gasteiger partial charge in [-0.15, -0.1) is 0 Å². The second kappa shape index (κ2) is 11.5. The van der Waals surface area contributed by atoms with Crippen molar-refractivity contribution in [2.45, 2.75) is 20.3 Å². The molecule has 6 nitrogen and oxygen atoms in total. The van der Waals surface area contributed by atoms with Gasteiger partial charge < -0.3 is 19.1 Å². The monoisotopic (exact) mass is 397 g/mol. The van der Waals surface area contributed by atoms with Crippen molar-refractivity contribution in [3.05, 3.63) is 60.2 Å². The Labute approximate surface area is 171 Å². The van der Waals surface area contributed by atoms with Crippen molar-refractivity contribution >= 4 is 23.6 Å². The highest BCUT2D eigenvalue weighted by Crippen LogP contribution is 2.29. The fraction of sp³-hybridized carbons (Fsp3) is 0.304. The maximum atomic E-state index is 12.2. The number of benzene rings is 2. The highest BCUT2D eigenvalue weighted by atomic mass is 16.5. The molecule has 0 bridgehead atoms. The summed E-state index contributed by atoms with van der Waals surface area (Å²) in [6.45, 7) is 4.71. The number of ether oxygens (including phenoxy) is 3. The molecule has 0 aliphatic rings. The number of hydrogen-bond donors (Lipinski definition) is 0. The van der Waals surface area contributed by atoms with E-state index >= 15 is 0 Å². The number of nitrogens with zero attached hydrogens (tertiary/aromatic N) is 1. The van der Waals surface area contributed by atoms with E-state index in [1.165, 1.54) is 11.0 Å². The van der Waals surface area contributed by atoms with Gasteiger partial charge in [0.2, 0.25) is 0 Å². The van der Waals surface area contributed by atoms with E-state index in [4.69, 9.17) is 14.2 Å². The Kier molecular flexibility index (Phi) is 8.76. The van der Waals surface area contributed by atoms with Crippen molar-refractivity contribution in [1.29, 1.82) is 0 Å². The van der Waals surface area contributed by atoms with Gasteiger partial charge in [0.25, 0.3) is 5.91 Å². The number of hydrogen-bond acceptors (Lipinski definition) is 5. The number of amides is 1. The normalized spacial score (nSPS) is 10.6. The minimum absolute atomic E-state index is 0.311. The van der Waals surface area contributed by atoms with Gasteiger partial charge in [-0.1, -0.05) is 31.2 Å². The molecule has 0 saturated heterocycles. The lowest BCUT2D eigenvalue weighted by Crippen LogP contribution is -2.30. The van der Waals surface area contributed by atoms with Crippen LogP contribution in [0.2, 0.25) is 0 Å². The van der Waals surface area contributed by atoms with Crippen LogP contribution in [0.3, 0.4) is 0 Å². The van der Waals surface area contributed by atoms with Crippen LogP contribution in [0.1, 0.15) is 25.8 Å². The minimum atomic E-state index is -0.593. The number of esters is 1. The fourth-order valence-electron chi connectivity index (χ4n) is 2.47. The van der Waals surface area contributed by atoms with Crippen molar-refractivity contribution in [2.75, 3.05) is 31.8 Å². The zero-order valence-electron chi connectivity index (χ0n) is 17.1. The molecule has 0 spiro atoms. The minimum Gasteiger partial charge on any atom is -0.490 e. The summed E-state index contributed by atoms with van der Waals surface area (Å²) < 4.78 is 16.3. The lowest BCUT2D eigenvalue weighted by atomic mass is 10.2. The number of likely N-dealkylation sites (N-methyl/N-ethyl adjacent to an activating group) is 1. The SMILES string of the molecule is CCCOc1ccc(/C=C/C(=O)OCC(=O)N(C)c2ccccc2)cc1OCC.